The van der Waals surface area contributed by atoms with E-state index in [9.17, 15) is 4.79 Å². The van der Waals surface area contributed by atoms with Gasteiger partial charge >= 0.3 is 0 Å². The molecular weight excluding hydrogens is 250 g/mol. The van der Waals surface area contributed by atoms with E-state index in [0.29, 0.717) is 10.5 Å². The molecule has 0 aliphatic carbocycles. The minimum atomic E-state index is -0.149. The topological polar surface area (TPSA) is 50.2 Å². The smallest absolute Gasteiger partial charge is 0.274 e. The van der Waals surface area contributed by atoms with Crippen molar-refractivity contribution in [1.29, 1.82) is 0 Å². The van der Waals surface area contributed by atoms with Crippen molar-refractivity contribution in [2.45, 2.75) is 19.8 Å². The Hall–Kier alpha value is -1.81. The van der Waals surface area contributed by atoms with Gasteiger partial charge in [-0.1, -0.05) is 25.4 Å². The summed E-state index contributed by atoms with van der Waals surface area (Å²) in [6, 6.07) is 5.46. The van der Waals surface area contributed by atoms with Gasteiger partial charge in [0, 0.05) is 10.9 Å². The zero-order valence-electron chi connectivity index (χ0n) is 10.1. The average Bonchev–Trinajstić information content (AvgIpc) is 2.74. The highest BCUT2D eigenvalue weighted by molar-refractivity contribution is 6.31. The fraction of sp³-hybridized carbons (Fsp3) is 0.231. The van der Waals surface area contributed by atoms with Gasteiger partial charge in [-0.3, -0.25) is 9.20 Å². The Bertz CT molecular complexity index is 801. The van der Waals surface area contributed by atoms with E-state index in [1.54, 1.807) is 12.3 Å². The number of hydrogen-bond donors (Lipinski definition) is 1. The molecule has 2 aromatic heterocycles. The van der Waals surface area contributed by atoms with Gasteiger partial charge in [0.15, 0.2) is 0 Å². The number of H-pyrrole nitrogens is 1. The fourth-order valence-electron chi connectivity index (χ4n) is 2.18. The minimum absolute atomic E-state index is 0.149. The van der Waals surface area contributed by atoms with Gasteiger partial charge in [0.1, 0.15) is 11.3 Å². The first kappa shape index (κ1) is 11.3. The number of aromatic nitrogens is 3. The van der Waals surface area contributed by atoms with Crippen LogP contribution in [0.2, 0.25) is 5.02 Å². The second kappa shape index (κ2) is 3.85. The summed E-state index contributed by atoms with van der Waals surface area (Å²) < 4.78 is 1.90. The van der Waals surface area contributed by atoms with Crippen LogP contribution in [0.5, 0.6) is 0 Å². The first-order chi connectivity index (χ1) is 8.58. The zero-order valence-corrected chi connectivity index (χ0v) is 10.8. The molecule has 0 spiro atoms. The minimum Gasteiger partial charge on any atom is -0.319 e. The normalized spacial score (nSPS) is 11.8. The van der Waals surface area contributed by atoms with Crippen LogP contribution in [0.1, 0.15) is 25.6 Å². The third-order valence-corrected chi connectivity index (χ3v) is 3.22. The van der Waals surface area contributed by atoms with E-state index >= 15 is 0 Å². The van der Waals surface area contributed by atoms with Crippen LogP contribution in [0, 0.1) is 0 Å². The van der Waals surface area contributed by atoms with Gasteiger partial charge < -0.3 is 4.98 Å². The Kier molecular flexibility index (Phi) is 2.41. The number of fused-ring (bicyclic) bond motifs is 3. The van der Waals surface area contributed by atoms with E-state index in [2.05, 4.69) is 23.8 Å². The molecule has 0 radical (unpaired) electrons. The van der Waals surface area contributed by atoms with E-state index < -0.39 is 0 Å². The highest BCUT2D eigenvalue weighted by Crippen LogP contribution is 2.21. The van der Waals surface area contributed by atoms with Crippen molar-refractivity contribution in [2.75, 3.05) is 0 Å². The van der Waals surface area contributed by atoms with Crippen LogP contribution >= 0.6 is 11.6 Å². The van der Waals surface area contributed by atoms with E-state index in [0.717, 1.165) is 16.9 Å². The van der Waals surface area contributed by atoms with E-state index in [4.69, 9.17) is 11.6 Å². The van der Waals surface area contributed by atoms with Gasteiger partial charge in [-0.05, 0) is 18.2 Å². The van der Waals surface area contributed by atoms with Crippen LogP contribution in [0.3, 0.4) is 0 Å². The van der Waals surface area contributed by atoms with E-state index in [-0.39, 0.29) is 11.5 Å². The van der Waals surface area contributed by atoms with Gasteiger partial charge in [-0.2, -0.15) is 0 Å². The van der Waals surface area contributed by atoms with Crippen LogP contribution in [0.25, 0.3) is 16.6 Å². The SMILES string of the molecule is CC(C)c1ncc2c(=O)[nH]c3cc(Cl)ccc3n12. The molecule has 4 nitrogen and oxygen atoms in total. The summed E-state index contributed by atoms with van der Waals surface area (Å²) in [4.78, 5) is 19.1. The molecule has 1 aromatic carbocycles. The third-order valence-electron chi connectivity index (χ3n) is 2.99. The Morgan fingerprint density at radius 2 is 2.11 bits per heavy atom. The lowest BCUT2D eigenvalue weighted by Gasteiger charge is -2.08. The molecule has 0 saturated carbocycles. The van der Waals surface area contributed by atoms with Crippen molar-refractivity contribution in [3.05, 3.63) is 45.6 Å². The summed E-state index contributed by atoms with van der Waals surface area (Å²) in [5.74, 6) is 1.12. The maximum atomic E-state index is 12.0. The largest absolute Gasteiger partial charge is 0.319 e. The predicted molar refractivity (Wildman–Crippen MR) is 72.4 cm³/mol. The highest BCUT2D eigenvalue weighted by Gasteiger charge is 2.13. The van der Waals surface area contributed by atoms with Gasteiger partial charge in [-0.15, -0.1) is 0 Å². The van der Waals surface area contributed by atoms with Crippen molar-refractivity contribution in [1.82, 2.24) is 14.4 Å². The van der Waals surface area contributed by atoms with Crippen LogP contribution in [0.15, 0.2) is 29.2 Å². The number of hydrogen-bond acceptors (Lipinski definition) is 2. The first-order valence-electron chi connectivity index (χ1n) is 5.77. The fourth-order valence-corrected chi connectivity index (χ4v) is 2.35. The van der Waals surface area contributed by atoms with E-state index in [1.807, 2.05) is 16.5 Å². The monoisotopic (exact) mass is 261 g/mol. The number of nitrogens with zero attached hydrogens (tertiary/aromatic N) is 2. The quantitative estimate of drug-likeness (QED) is 0.732. The molecule has 0 saturated heterocycles. The summed E-state index contributed by atoms with van der Waals surface area (Å²) in [5, 5.41) is 0.601. The molecule has 1 N–H and O–H groups in total. The van der Waals surface area contributed by atoms with Gasteiger partial charge in [0.2, 0.25) is 0 Å². The summed E-state index contributed by atoms with van der Waals surface area (Å²) in [6.07, 6.45) is 1.61. The summed E-state index contributed by atoms with van der Waals surface area (Å²) in [7, 11) is 0. The summed E-state index contributed by atoms with van der Waals surface area (Å²) in [6.45, 7) is 4.11. The number of rotatable bonds is 1. The second-order valence-corrected chi connectivity index (χ2v) is 5.04. The Morgan fingerprint density at radius 1 is 1.33 bits per heavy atom. The van der Waals surface area contributed by atoms with Gasteiger partial charge in [0.05, 0.1) is 17.2 Å². The molecule has 0 bridgehead atoms. The Labute approximate surface area is 108 Å². The lowest BCUT2D eigenvalue weighted by molar-refractivity contribution is 0.777. The molecule has 0 unspecified atom stereocenters. The van der Waals surface area contributed by atoms with Crippen molar-refractivity contribution < 1.29 is 0 Å². The lowest BCUT2D eigenvalue weighted by Crippen LogP contribution is -2.11. The second-order valence-electron chi connectivity index (χ2n) is 4.61. The lowest BCUT2D eigenvalue weighted by atomic mass is 10.2. The van der Waals surface area contributed by atoms with Crippen LogP contribution in [-0.2, 0) is 0 Å². The zero-order chi connectivity index (χ0) is 12.9. The maximum Gasteiger partial charge on any atom is 0.274 e. The molecule has 0 fully saturated rings. The maximum absolute atomic E-state index is 12.0. The Morgan fingerprint density at radius 3 is 2.83 bits per heavy atom. The molecule has 3 aromatic rings. The molecule has 0 atom stereocenters. The van der Waals surface area contributed by atoms with Gasteiger partial charge in [-0.25, -0.2) is 4.98 Å². The molecule has 3 rings (SSSR count). The molecule has 0 aliphatic rings. The highest BCUT2D eigenvalue weighted by atomic mass is 35.5. The molecule has 5 heteroatoms. The van der Waals surface area contributed by atoms with Crippen LogP contribution < -0.4 is 5.56 Å². The standard InChI is InChI=1S/C13H12ClN3O/c1-7(2)12-15-6-11-13(18)16-9-5-8(14)3-4-10(9)17(11)12/h3-7H,1-2H3,(H,16,18). The van der Waals surface area contributed by atoms with Crippen molar-refractivity contribution in [3.8, 4) is 0 Å². The van der Waals surface area contributed by atoms with Crippen molar-refractivity contribution in [3.63, 3.8) is 0 Å². The number of benzene rings is 1. The van der Waals surface area contributed by atoms with Gasteiger partial charge in [0.25, 0.3) is 5.56 Å². The Balaban J connectivity index is 2.58. The average molecular weight is 262 g/mol. The summed E-state index contributed by atoms with van der Waals surface area (Å²) in [5.41, 5.74) is 2.05. The van der Waals surface area contributed by atoms with Crippen LogP contribution in [-0.4, -0.2) is 14.4 Å². The molecule has 18 heavy (non-hydrogen) atoms. The summed E-state index contributed by atoms with van der Waals surface area (Å²) >= 11 is 5.95. The van der Waals surface area contributed by atoms with Crippen molar-refractivity contribution >= 4 is 28.2 Å². The first-order valence-corrected chi connectivity index (χ1v) is 6.14. The molecule has 0 amide bonds. The van der Waals surface area contributed by atoms with Crippen molar-refractivity contribution in [2.24, 2.45) is 0 Å². The van der Waals surface area contributed by atoms with E-state index in [1.165, 1.54) is 0 Å². The van der Waals surface area contributed by atoms with Crippen LogP contribution in [0.4, 0.5) is 0 Å². The molecule has 2 heterocycles. The number of nitrogens with one attached hydrogen (secondary N) is 1. The molecule has 92 valence electrons. The molecule has 0 aliphatic heterocycles. The number of imidazole rings is 1. The molecular formula is C13H12ClN3O. The number of halogens is 1. The predicted octanol–water partition coefficient (Wildman–Crippen LogP) is 2.95. The number of aromatic amines is 1. The third kappa shape index (κ3) is 1.53.